The van der Waals surface area contributed by atoms with Crippen LogP contribution in [0.1, 0.15) is 36.7 Å². The van der Waals surface area contributed by atoms with Gasteiger partial charge in [0, 0.05) is 18.2 Å². The fourth-order valence-corrected chi connectivity index (χ4v) is 3.62. The smallest absolute Gasteiger partial charge is 0.270 e. The van der Waals surface area contributed by atoms with Crippen molar-refractivity contribution in [1.82, 2.24) is 29.8 Å². The average molecular weight is 382 g/mol. The largest absolute Gasteiger partial charge is 0.347 e. The Balaban J connectivity index is 1.57. The number of likely N-dealkylation sites (tertiary alicyclic amines) is 1. The molecule has 0 unspecified atom stereocenters. The third-order valence-corrected chi connectivity index (χ3v) is 4.98. The molecule has 3 aromatic rings. The van der Waals surface area contributed by atoms with Crippen molar-refractivity contribution in [2.75, 3.05) is 19.6 Å². The van der Waals surface area contributed by atoms with Crippen LogP contribution in [0.25, 0.3) is 17.0 Å². The van der Waals surface area contributed by atoms with Crippen LogP contribution in [0.2, 0.25) is 0 Å². The first-order valence-corrected chi connectivity index (χ1v) is 9.60. The summed E-state index contributed by atoms with van der Waals surface area (Å²) in [6.45, 7) is 4.99. The lowest BCUT2D eigenvalue weighted by Gasteiger charge is -2.29. The lowest BCUT2D eigenvalue weighted by molar-refractivity contribution is 0.0918. The van der Waals surface area contributed by atoms with Crippen molar-refractivity contribution in [3.8, 4) is 11.3 Å². The number of nitrogens with zero attached hydrogens (tertiary/aromatic N) is 5. The maximum atomic E-state index is 13.2. The van der Waals surface area contributed by atoms with E-state index in [4.69, 9.17) is 0 Å². The van der Waals surface area contributed by atoms with Crippen LogP contribution in [0.15, 0.2) is 36.7 Å². The van der Waals surface area contributed by atoms with Crippen molar-refractivity contribution >= 4 is 11.7 Å². The number of fused-ring (bicyclic) bond motifs is 1. The number of amides is 1. The molecular weight excluding hydrogens is 359 g/mol. The normalized spacial score (nSPS) is 16.2. The van der Waals surface area contributed by atoms with Crippen molar-refractivity contribution in [1.29, 1.82) is 0 Å². The van der Waals surface area contributed by atoms with E-state index < -0.39 is 0 Å². The van der Waals surface area contributed by atoms with E-state index >= 15 is 0 Å². The molecule has 28 heavy (non-hydrogen) atoms. The topological polar surface area (TPSA) is 75.4 Å². The molecule has 0 spiro atoms. The Morgan fingerprint density at radius 3 is 2.71 bits per heavy atom. The molecule has 1 atom stereocenters. The fourth-order valence-electron chi connectivity index (χ4n) is 3.62. The summed E-state index contributed by atoms with van der Waals surface area (Å²) >= 11 is 0. The third kappa shape index (κ3) is 4.01. The molecule has 1 saturated heterocycles. The molecule has 1 aliphatic heterocycles. The first-order chi connectivity index (χ1) is 13.6. The van der Waals surface area contributed by atoms with Crippen molar-refractivity contribution in [2.45, 2.75) is 32.2 Å². The van der Waals surface area contributed by atoms with Gasteiger partial charge in [0.2, 0.25) is 0 Å². The van der Waals surface area contributed by atoms with E-state index in [1.165, 1.54) is 42.2 Å². The zero-order valence-electron chi connectivity index (χ0n) is 15.8. The molecule has 1 aliphatic rings. The molecular formula is C20H23FN6O. The second kappa shape index (κ2) is 8.02. The third-order valence-electron chi connectivity index (χ3n) is 4.98. The van der Waals surface area contributed by atoms with Gasteiger partial charge in [0.05, 0.1) is 5.69 Å². The summed E-state index contributed by atoms with van der Waals surface area (Å²) in [7, 11) is 0. The molecule has 2 aromatic heterocycles. The van der Waals surface area contributed by atoms with E-state index in [1.807, 2.05) is 6.92 Å². The van der Waals surface area contributed by atoms with Gasteiger partial charge >= 0.3 is 0 Å². The number of benzene rings is 1. The Bertz CT molecular complexity index is 964. The number of hydrogen-bond donors (Lipinski definition) is 1. The van der Waals surface area contributed by atoms with Gasteiger partial charge in [-0.05, 0) is 63.2 Å². The molecule has 8 heteroatoms. The summed E-state index contributed by atoms with van der Waals surface area (Å²) in [6.07, 6.45) is 5.08. The molecule has 1 aromatic carbocycles. The van der Waals surface area contributed by atoms with Crippen molar-refractivity contribution in [3.63, 3.8) is 0 Å². The van der Waals surface area contributed by atoms with E-state index in [2.05, 4.69) is 25.3 Å². The first-order valence-electron chi connectivity index (χ1n) is 9.60. The van der Waals surface area contributed by atoms with Gasteiger partial charge in [-0.25, -0.2) is 9.37 Å². The van der Waals surface area contributed by atoms with E-state index in [9.17, 15) is 9.18 Å². The van der Waals surface area contributed by atoms with E-state index in [0.29, 0.717) is 22.7 Å². The summed E-state index contributed by atoms with van der Waals surface area (Å²) in [5.41, 5.74) is 1.61. The predicted molar refractivity (Wildman–Crippen MR) is 103 cm³/mol. The van der Waals surface area contributed by atoms with Crippen molar-refractivity contribution in [2.24, 2.45) is 0 Å². The number of carbonyl (C=O) groups is 1. The standard InChI is InChI=1S/C20H23FN6O/c1-14(12-26-9-3-2-4-10-26)24-19(28)18-11-17(15-5-7-16(21)8-6-15)25-20-22-13-23-27(18)20/h5-8,11,13-14H,2-4,9-10,12H2,1H3,(H,24,28)/t14-/m1/s1. The molecule has 0 radical (unpaired) electrons. The summed E-state index contributed by atoms with van der Waals surface area (Å²) < 4.78 is 14.7. The zero-order valence-corrected chi connectivity index (χ0v) is 15.8. The maximum Gasteiger partial charge on any atom is 0.270 e. The van der Waals surface area contributed by atoms with E-state index in [1.54, 1.807) is 18.2 Å². The molecule has 1 amide bonds. The molecule has 1 N–H and O–H groups in total. The van der Waals surface area contributed by atoms with Crippen LogP contribution in [0.3, 0.4) is 0 Å². The van der Waals surface area contributed by atoms with Crippen LogP contribution in [0, 0.1) is 5.82 Å². The lowest BCUT2D eigenvalue weighted by Crippen LogP contribution is -2.44. The highest BCUT2D eigenvalue weighted by Crippen LogP contribution is 2.20. The van der Waals surface area contributed by atoms with Crippen molar-refractivity contribution in [3.05, 3.63) is 48.2 Å². The van der Waals surface area contributed by atoms with Gasteiger partial charge in [-0.15, -0.1) is 0 Å². The van der Waals surface area contributed by atoms with Gasteiger partial charge in [-0.1, -0.05) is 6.42 Å². The quantitative estimate of drug-likeness (QED) is 0.734. The van der Waals surface area contributed by atoms with E-state index in [0.717, 1.165) is 19.6 Å². The highest BCUT2D eigenvalue weighted by atomic mass is 19.1. The minimum atomic E-state index is -0.322. The lowest BCUT2D eigenvalue weighted by atomic mass is 10.1. The van der Waals surface area contributed by atoms with Gasteiger partial charge in [0.15, 0.2) is 0 Å². The van der Waals surface area contributed by atoms with Crippen LogP contribution in [0.5, 0.6) is 0 Å². The van der Waals surface area contributed by atoms with Gasteiger partial charge in [0.25, 0.3) is 11.7 Å². The second-order valence-electron chi connectivity index (χ2n) is 7.24. The Morgan fingerprint density at radius 1 is 1.21 bits per heavy atom. The Hall–Kier alpha value is -2.87. The summed E-state index contributed by atoms with van der Waals surface area (Å²) in [5.74, 6) is -0.224. The maximum absolute atomic E-state index is 13.2. The Labute approximate surface area is 162 Å². The number of hydrogen-bond acceptors (Lipinski definition) is 5. The number of piperidine rings is 1. The molecule has 0 saturated carbocycles. The monoisotopic (exact) mass is 382 g/mol. The van der Waals surface area contributed by atoms with Crippen molar-refractivity contribution < 1.29 is 9.18 Å². The molecule has 0 aliphatic carbocycles. The van der Waals surface area contributed by atoms with Gasteiger partial charge < -0.3 is 10.2 Å². The van der Waals surface area contributed by atoms with Crippen LogP contribution in [-0.2, 0) is 0 Å². The van der Waals surface area contributed by atoms with Gasteiger partial charge in [-0.2, -0.15) is 14.6 Å². The van der Waals surface area contributed by atoms with Crippen LogP contribution in [0.4, 0.5) is 4.39 Å². The Morgan fingerprint density at radius 2 is 1.96 bits per heavy atom. The highest BCUT2D eigenvalue weighted by Gasteiger charge is 2.19. The highest BCUT2D eigenvalue weighted by molar-refractivity contribution is 5.94. The number of carbonyl (C=O) groups excluding carboxylic acids is 1. The molecule has 3 heterocycles. The predicted octanol–water partition coefficient (Wildman–Crippen LogP) is 2.53. The summed E-state index contributed by atoms with van der Waals surface area (Å²) in [6, 6.07) is 7.66. The average Bonchev–Trinajstić information content (AvgIpc) is 3.17. The van der Waals surface area contributed by atoms with Crippen LogP contribution in [-0.4, -0.2) is 56.1 Å². The summed E-state index contributed by atoms with van der Waals surface area (Å²) in [4.78, 5) is 23.9. The minimum absolute atomic E-state index is 0.00612. The van der Waals surface area contributed by atoms with Gasteiger partial charge in [0.1, 0.15) is 17.8 Å². The molecule has 7 nitrogen and oxygen atoms in total. The number of rotatable bonds is 5. The summed E-state index contributed by atoms with van der Waals surface area (Å²) in [5, 5.41) is 7.18. The Kier molecular flexibility index (Phi) is 5.29. The zero-order chi connectivity index (χ0) is 19.5. The van der Waals surface area contributed by atoms with E-state index in [-0.39, 0.29) is 17.8 Å². The van der Waals surface area contributed by atoms with Crippen LogP contribution < -0.4 is 5.32 Å². The first kappa shape index (κ1) is 18.5. The fraction of sp³-hybridized carbons (Fsp3) is 0.400. The second-order valence-corrected chi connectivity index (χ2v) is 7.24. The molecule has 0 bridgehead atoms. The number of halogens is 1. The van der Waals surface area contributed by atoms with Crippen LogP contribution >= 0.6 is 0 Å². The minimum Gasteiger partial charge on any atom is -0.347 e. The van der Waals surface area contributed by atoms with Gasteiger partial charge in [-0.3, -0.25) is 4.79 Å². The molecule has 146 valence electrons. The molecule has 4 rings (SSSR count). The number of nitrogens with one attached hydrogen (secondary N) is 1. The molecule has 1 fully saturated rings. The SMILES string of the molecule is C[C@H](CN1CCCCC1)NC(=O)c1cc(-c2ccc(F)cc2)nc2ncnn12. The number of aromatic nitrogens is 4.